The Balaban J connectivity index is 1.66. The standard InChI is InChI=1S/C16H23N3O/c1-12-8-10-20-16(12)15(17)11-13-7-9-19(18-13)14-5-3-2-4-6-14/h7-10,14-15H,2-6,11,17H2,1H3. The van der Waals surface area contributed by atoms with Crippen molar-refractivity contribution in [3.8, 4) is 0 Å². The highest BCUT2D eigenvalue weighted by atomic mass is 16.3. The lowest BCUT2D eigenvalue weighted by molar-refractivity contribution is 0.327. The molecule has 0 aromatic carbocycles. The predicted octanol–water partition coefficient (Wildman–Crippen LogP) is 3.53. The van der Waals surface area contributed by atoms with Gasteiger partial charge in [-0.15, -0.1) is 0 Å². The van der Waals surface area contributed by atoms with Gasteiger partial charge in [0.1, 0.15) is 5.76 Å². The molecule has 1 atom stereocenters. The minimum Gasteiger partial charge on any atom is -0.467 e. The second-order valence-electron chi connectivity index (χ2n) is 5.86. The maximum absolute atomic E-state index is 6.22. The fraction of sp³-hybridized carbons (Fsp3) is 0.562. The Morgan fingerprint density at radius 3 is 2.85 bits per heavy atom. The largest absolute Gasteiger partial charge is 0.467 e. The van der Waals surface area contributed by atoms with E-state index >= 15 is 0 Å². The van der Waals surface area contributed by atoms with Gasteiger partial charge in [0, 0.05) is 12.6 Å². The molecule has 20 heavy (non-hydrogen) atoms. The molecule has 1 saturated carbocycles. The van der Waals surface area contributed by atoms with Crippen molar-refractivity contribution in [1.29, 1.82) is 0 Å². The molecule has 4 nitrogen and oxygen atoms in total. The molecule has 0 saturated heterocycles. The van der Waals surface area contributed by atoms with E-state index in [4.69, 9.17) is 15.2 Å². The zero-order valence-electron chi connectivity index (χ0n) is 12.1. The van der Waals surface area contributed by atoms with Crippen molar-refractivity contribution in [2.24, 2.45) is 5.73 Å². The fourth-order valence-electron chi connectivity index (χ4n) is 3.12. The zero-order valence-corrected chi connectivity index (χ0v) is 12.1. The minimum absolute atomic E-state index is 0.111. The third kappa shape index (κ3) is 2.80. The number of rotatable bonds is 4. The summed E-state index contributed by atoms with van der Waals surface area (Å²) in [6.07, 6.45) is 11.1. The molecular formula is C16H23N3O. The molecule has 2 heterocycles. The van der Waals surface area contributed by atoms with Gasteiger partial charge in [-0.05, 0) is 37.5 Å². The van der Waals surface area contributed by atoms with Gasteiger partial charge in [0.2, 0.25) is 0 Å². The first-order valence-corrected chi connectivity index (χ1v) is 7.57. The van der Waals surface area contributed by atoms with Crippen molar-refractivity contribution < 1.29 is 4.42 Å². The molecule has 0 radical (unpaired) electrons. The summed E-state index contributed by atoms with van der Waals surface area (Å²) in [4.78, 5) is 0. The Morgan fingerprint density at radius 1 is 1.35 bits per heavy atom. The molecule has 0 aliphatic heterocycles. The average Bonchev–Trinajstić information content (AvgIpc) is 3.09. The van der Waals surface area contributed by atoms with Crippen LogP contribution < -0.4 is 5.73 Å². The molecule has 3 rings (SSSR count). The molecule has 1 aliphatic carbocycles. The summed E-state index contributed by atoms with van der Waals surface area (Å²) in [7, 11) is 0. The highest BCUT2D eigenvalue weighted by Crippen LogP contribution is 2.28. The lowest BCUT2D eigenvalue weighted by Gasteiger charge is -2.21. The summed E-state index contributed by atoms with van der Waals surface area (Å²) in [6.45, 7) is 2.03. The average molecular weight is 273 g/mol. The van der Waals surface area contributed by atoms with Crippen LogP contribution in [0.1, 0.15) is 61.2 Å². The maximum atomic E-state index is 6.22. The lowest BCUT2D eigenvalue weighted by Crippen LogP contribution is -2.16. The lowest BCUT2D eigenvalue weighted by atomic mass is 9.96. The Bertz CT molecular complexity index is 552. The zero-order chi connectivity index (χ0) is 13.9. The second-order valence-corrected chi connectivity index (χ2v) is 5.86. The van der Waals surface area contributed by atoms with E-state index in [0.717, 1.165) is 23.4 Å². The summed E-state index contributed by atoms with van der Waals surface area (Å²) in [5.74, 6) is 0.872. The van der Waals surface area contributed by atoms with Crippen LogP contribution in [-0.2, 0) is 6.42 Å². The van der Waals surface area contributed by atoms with E-state index in [1.807, 2.05) is 13.0 Å². The van der Waals surface area contributed by atoms with Crippen molar-refractivity contribution in [3.63, 3.8) is 0 Å². The topological polar surface area (TPSA) is 57.0 Å². The number of hydrogen-bond acceptors (Lipinski definition) is 3. The first-order chi connectivity index (χ1) is 9.74. The highest BCUT2D eigenvalue weighted by Gasteiger charge is 2.18. The van der Waals surface area contributed by atoms with Gasteiger partial charge in [0.05, 0.1) is 24.0 Å². The van der Waals surface area contributed by atoms with Crippen LogP contribution in [-0.4, -0.2) is 9.78 Å². The molecule has 1 aliphatic rings. The molecular weight excluding hydrogens is 250 g/mol. The van der Waals surface area contributed by atoms with Gasteiger partial charge in [-0.1, -0.05) is 19.3 Å². The Labute approximate surface area is 120 Å². The quantitative estimate of drug-likeness (QED) is 0.927. The molecule has 0 amide bonds. The van der Waals surface area contributed by atoms with E-state index < -0.39 is 0 Å². The minimum atomic E-state index is -0.111. The smallest absolute Gasteiger partial charge is 0.123 e. The van der Waals surface area contributed by atoms with Crippen LogP contribution in [0, 0.1) is 6.92 Å². The van der Waals surface area contributed by atoms with E-state index in [-0.39, 0.29) is 6.04 Å². The van der Waals surface area contributed by atoms with Gasteiger partial charge in [0.25, 0.3) is 0 Å². The Hall–Kier alpha value is -1.55. The van der Waals surface area contributed by atoms with E-state index in [0.29, 0.717) is 6.04 Å². The first kappa shape index (κ1) is 13.4. The molecule has 108 valence electrons. The van der Waals surface area contributed by atoms with Crippen molar-refractivity contribution in [2.45, 2.75) is 57.5 Å². The van der Waals surface area contributed by atoms with E-state index in [1.165, 1.54) is 32.1 Å². The molecule has 0 spiro atoms. The Kier molecular flexibility index (Phi) is 3.92. The van der Waals surface area contributed by atoms with E-state index in [9.17, 15) is 0 Å². The molecule has 2 aromatic heterocycles. The normalized spacial score (nSPS) is 18.3. The molecule has 4 heteroatoms. The van der Waals surface area contributed by atoms with Crippen LogP contribution in [0.25, 0.3) is 0 Å². The SMILES string of the molecule is Cc1ccoc1C(N)Cc1ccn(C2CCCCC2)n1. The number of nitrogens with zero attached hydrogens (tertiary/aromatic N) is 2. The summed E-state index contributed by atoms with van der Waals surface area (Å²) in [5, 5.41) is 4.71. The van der Waals surface area contributed by atoms with Crippen molar-refractivity contribution in [1.82, 2.24) is 9.78 Å². The molecule has 1 unspecified atom stereocenters. The van der Waals surface area contributed by atoms with E-state index in [2.05, 4.69) is 16.9 Å². The number of aryl methyl sites for hydroxylation is 1. The molecule has 2 aromatic rings. The summed E-state index contributed by atoms with van der Waals surface area (Å²) < 4.78 is 7.60. The van der Waals surface area contributed by atoms with Crippen LogP contribution in [0.15, 0.2) is 29.0 Å². The molecule has 0 bridgehead atoms. The monoisotopic (exact) mass is 273 g/mol. The summed E-state index contributed by atoms with van der Waals surface area (Å²) in [6, 6.07) is 4.52. The number of nitrogens with two attached hydrogens (primary N) is 1. The van der Waals surface area contributed by atoms with Crippen LogP contribution in [0.5, 0.6) is 0 Å². The summed E-state index contributed by atoms with van der Waals surface area (Å²) in [5.41, 5.74) is 8.39. The van der Waals surface area contributed by atoms with Crippen molar-refractivity contribution in [2.75, 3.05) is 0 Å². The first-order valence-electron chi connectivity index (χ1n) is 7.57. The fourth-order valence-corrected chi connectivity index (χ4v) is 3.12. The highest BCUT2D eigenvalue weighted by molar-refractivity contribution is 5.19. The van der Waals surface area contributed by atoms with Crippen LogP contribution in [0.2, 0.25) is 0 Å². The van der Waals surface area contributed by atoms with E-state index in [1.54, 1.807) is 6.26 Å². The van der Waals surface area contributed by atoms with Gasteiger partial charge in [-0.3, -0.25) is 4.68 Å². The van der Waals surface area contributed by atoms with Gasteiger partial charge in [-0.25, -0.2) is 0 Å². The van der Waals surface area contributed by atoms with Crippen molar-refractivity contribution >= 4 is 0 Å². The molecule has 1 fully saturated rings. The number of aromatic nitrogens is 2. The van der Waals surface area contributed by atoms with Gasteiger partial charge >= 0.3 is 0 Å². The predicted molar refractivity (Wildman–Crippen MR) is 78.4 cm³/mol. The van der Waals surface area contributed by atoms with Crippen LogP contribution in [0.3, 0.4) is 0 Å². The van der Waals surface area contributed by atoms with Gasteiger partial charge < -0.3 is 10.2 Å². The maximum Gasteiger partial charge on any atom is 0.123 e. The Morgan fingerprint density at radius 2 is 2.15 bits per heavy atom. The van der Waals surface area contributed by atoms with Crippen LogP contribution >= 0.6 is 0 Å². The third-order valence-corrected chi connectivity index (χ3v) is 4.28. The number of furan rings is 1. The van der Waals surface area contributed by atoms with Crippen LogP contribution in [0.4, 0.5) is 0 Å². The summed E-state index contributed by atoms with van der Waals surface area (Å²) >= 11 is 0. The van der Waals surface area contributed by atoms with Gasteiger partial charge in [0.15, 0.2) is 0 Å². The van der Waals surface area contributed by atoms with Crippen molar-refractivity contribution in [3.05, 3.63) is 41.6 Å². The van der Waals surface area contributed by atoms with Gasteiger partial charge in [-0.2, -0.15) is 5.10 Å². The third-order valence-electron chi connectivity index (χ3n) is 4.28. The molecule has 2 N–H and O–H groups in total. The second kappa shape index (κ2) is 5.83. The number of hydrogen-bond donors (Lipinski definition) is 1.